The number of H-pyrrole nitrogens is 1. The number of hydrogen-bond donors (Lipinski definition) is 3. The van der Waals surface area contributed by atoms with E-state index < -0.39 is 21.7 Å². The molecule has 0 aliphatic carbocycles. The molecule has 6 rings (SSSR count). The van der Waals surface area contributed by atoms with E-state index in [1.165, 1.54) is 10.2 Å². The second-order valence-electron chi connectivity index (χ2n) is 11.5. The van der Waals surface area contributed by atoms with Crippen LogP contribution in [0.5, 0.6) is 0 Å². The maximum Gasteiger partial charge on any atom is 0.407 e. The molecule has 10 nitrogen and oxygen atoms in total. The van der Waals surface area contributed by atoms with E-state index in [9.17, 15) is 13.2 Å². The highest BCUT2D eigenvalue weighted by Gasteiger charge is 2.23. The van der Waals surface area contributed by atoms with Gasteiger partial charge in [0.05, 0.1) is 27.3 Å². The van der Waals surface area contributed by atoms with Crippen LogP contribution in [0.25, 0.3) is 33.1 Å². The standard InChI is InChI=1S/C33H31ClN6O4S/c1-33(2,3)44-32(41)35-16-15-23-17-21-13-14-22(18-28(21)37-23)38-31-36-19-27(34)30(39-31)26-20-40(29-12-8-7-11-25(26)29)45(42,43)24-9-5-4-6-10-24/h4-14,17-20,37H,15-16H2,1-3H3,(H,35,41)(H,36,38,39). The largest absolute Gasteiger partial charge is 0.444 e. The summed E-state index contributed by atoms with van der Waals surface area (Å²) in [7, 11) is -3.88. The van der Waals surface area contributed by atoms with Gasteiger partial charge in [-0.15, -0.1) is 0 Å². The van der Waals surface area contributed by atoms with E-state index in [1.807, 2.05) is 57.2 Å². The van der Waals surface area contributed by atoms with Gasteiger partial charge >= 0.3 is 6.09 Å². The lowest BCUT2D eigenvalue weighted by atomic mass is 10.1. The Bertz CT molecular complexity index is 2140. The molecule has 0 aliphatic rings. The summed E-state index contributed by atoms with van der Waals surface area (Å²) in [6.45, 7) is 5.90. The number of rotatable bonds is 8. The van der Waals surface area contributed by atoms with Crippen molar-refractivity contribution in [3.63, 3.8) is 0 Å². The maximum atomic E-state index is 13.6. The van der Waals surface area contributed by atoms with Gasteiger partial charge in [-0.1, -0.05) is 54.1 Å². The third-order valence-electron chi connectivity index (χ3n) is 6.97. The third-order valence-corrected chi connectivity index (χ3v) is 8.94. The molecule has 0 unspecified atom stereocenters. The Labute approximate surface area is 265 Å². The van der Waals surface area contributed by atoms with Crippen molar-refractivity contribution in [1.29, 1.82) is 0 Å². The number of para-hydroxylation sites is 1. The van der Waals surface area contributed by atoms with Crippen molar-refractivity contribution in [2.75, 3.05) is 11.9 Å². The van der Waals surface area contributed by atoms with Gasteiger partial charge in [0, 0.05) is 47.0 Å². The molecule has 3 N–H and O–H groups in total. The lowest BCUT2D eigenvalue weighted by molar-refractivity contribution is 0.0528. The first-order valence-corrected chi connectivity index (χ1v) is 16.1. The van der Waals surface area contributed by atoms with E-state index in [0.29, 0.717) is 41.1 Å². The summed E-state index contributed by atoms with van der Waals surface area (Å²) >= 11 is 6.60. The average Bonchev–Trinajstić information content (AvgIpc) is 3.59. The molecule has 0 aliphatic heterocycles. The second kappa shape index (κ2) is 11.9. The first-order valence-electron chi connectivity index (χ1n) is 14.3. The number of carbonyl (C=O) groups is 1. The summed E-state index contributed by atoms with van der Waals surface area (Å²) in [6, 6.07) is 23.4. The summed E-state index contributed by atoms with van der Waals surface area (Å²) in [5.41, 5.74) is 3.52. The van der Waals surface area contributed by atoms with Gasteiger partial charge in [0.25, 0.3) is 10.0 Å². The normalized spacial score (nSPS) is 12.0. The van der Waals surface area contributed by atoms with E-state index in [-0.39, 0.29) is 9.92 Å². The highest BCUT2D eigenvalue weighted by atomic mass is 35.5. The average molecular weight is 643 g/mol. The lowest BCUT2D eigenvalue weighted by Crippen LogP contribution is -2.33. The van der Waals surface area contributed by atoms with Crippen LogP contribution in [0, 0.1) is 0 Å². The predicted octanol–water partition coefficient (Wildman–Crippen LogP) is 7.28. The Hall–Kier alpha value is -4.87. The first kappa shape index (κ1) is 30.2. The number of fused-ring (bicyclic) bond motifs is 2. The molecule has 0 spiro atoms. The van der Waals surface area contributed by atoms with Crippen molar-refractivity contribution in [3.8, 4) is 11.3 Å². The molecule has 0 fully saturated rings. The molecule has 6 aromatic rings. The Kier molecular flexibility index (Phi) is 7.98. The van der Waals surface area contributed by atoms with Crippen molar-refractivity contribution in [3.05, 3.63) is 102 Å². The molecule has 1 amide bonds. The number of halogens is 1. The van der Waals surface area contributed by atoms with Crippen LogP contribution in [0.4, 0.5) is 16.4 Å². The number of aromatic amines is 1. The molecule has 45 heavy (non-hydrogen) atoms. The number of anilines is 2. The van der Waals surface area contributed by atoms with Gasteiger partial charge in [0.1, 0.15) is 5.60 Å². The van der Waals surface area contributed by atoms with E-state index in [0.717, 1.165) is 22.3 Å². The van der Waals surface area contributed by atoms with Crippen LogP contribution in [-0.4, -0.2) is 45.6 Å². The minimum absolute atomic E-state index is 0.176. The fraction of sp³-hybridized carbons (Fsp3) is 0.182. The summed E-state index contributed by atoms with van der Waals surface area (Å²) < 4.78 is 33.7. The second-order valence-corrected chi connectivity index (χ2v) is 13.7. The quantitative estimate of drug-likeness (QED) is 0.159. The first-order chi connectivity index (χ1) is 21.5. The summed E-state index contributed by atoms with van der Waals surface area (Å²) in [4.78, 5) is 24.6. The zero-order chi connectivity index (χ0) is 31.8. The van der Waals surface area contributed by atoms with E-state index in [4.69, 9.17) is 21.3 Å². The van der Waals surface area contributed by atoms with E-state index >= 15 is 0 Å². The lowest BCUT2D eigenvalue weighted by Gasteiger charge is -2.19. The van der Waals surface area contributed by atoms with Gasteiger partial charge in [-0.05, 0) is 62.6 Å². The fourth-order valence-electron chi connectivity index (χ4n) is 5.00. The van der Waals surface area contributed by atoms with Crippen molar-refractivity contribution < 1.29 is 17.9 Å². The number of alkyl carbamates (subject to hydrolysis) is 1. The van der Waals surface area contributed by atoms with Crippen molar-refractivity contribution >= 4 is 61.2 Å². The zero-order valence-electron chi connectivity index (χ0n) is 24.8. The van der Waals surface area contributed by atoms with E-state index in [2.05, 4.69) is 20.6 Å². The minimum atomic E-state index is -3.88. The van der Waals surface area contributed by atoms with Crippen LogP contribution >= 0.6 is 11.6 Å². The molecule has 3 heterocycles. The van der Waals surface area contributed by atoms with Crippen LogP contribution in [0.15, 0.2) is 96.2 Å². The number of aromatic nitrogens is 4. The molecular weight excluding hydrogens is 612 g/mol. The Morgan fingerprint density at radius 1 is 1.02 bits per heavy atom. The van der Waals surface area contributed by atoms with E-state index in [1.54, 1.807) is 48.7 Å². The number of nitrogens with one attached hydrogen (secondary N) is 3. The van der Waals surface area contributed by atoms with Crippen LogP contribution in [0.3, 0.4) is 0 Å². The molecule has 230 valence electrons. The number of amides is 1. The SMILES string of the molecule is CC(C)(C)OC(=O)NCCc1cc2ccc(Nc3ncc(Cl)c(-c4cn(S(=O)(=O)c5ccccc5)c5ccccc45)n3)cc2[nH]1. The van der Waals surface area contributed by atoms with Crippen LogP contribution < -0.4 is 10.6 Å². The molecule has 0 saturated heterocycles. The minimum Gasteiger partial charge on any atom is -0.444 e. The molecule has 0 bridgehead atoms. The van der Waals surface area contributed by atoms with Crippen LogP contribution in [0.1, 0.15) is 26.5 Å². The summed E-state index contributed by atoms with van der Waals surface area (Å²) in [5.74, 6) is 0.296. The Morgan fingerprint density at radius 2 is 1.78 bits per heavy atom. The smallest absolute Gasteiger partial charge is 0.407 e. The van der Waals surface area contributed by atoms with Gasteiger partial charge < -0.3 is 20.4 Å². The Morgan fingerprint density at radius 3 is 2.56 bits per heavy atom. The van der Waals surface area contributed by atoms with Crippen molar-refractivity contribution in [2.24, 2.45) is 0 Å². The maximum absolute atomic E-state index is 13.6. The molecule has 0 saturated carbocycles. The number of nitrogens with zero attached hydrogens (tertiary/aromatic N) is 3. The predicted molar refractivity (Wildman–Crippen MR) is 177 cm³/mol. The third kappa shape index (κ3) is 6.50. The Balaban J connectivity index is 1.25. The number of carbonyl (C=O) groups excluding carboxylic acids is 1. The highest BCUT2D eigenvalue weighted by Crippen LogP contribution is 2.36. The molecule has 0 radical (unpaired) electrons. The highest BCUT2D eigenvalue weighted by molar-refractivity contribution is 7.90. The molecule has 3 aromatic carbocycles. The van der Waals surface area contributed by atoms with Crippen molar-refractivity contribution in [1.82, 2.24) is 24.2 Å². The molecule has 0 atom stereocenters. The van der Waals surface area contributed by atoms with Gasteiger partial charge in [0.2, 0.25) is 5.95 Å². The van der Waals surface area contributed by atoms with Crippen molar-refractivity contribution in [2.45, 2.75) is 37.7 Å². The number of benzene rings is 3. The van der Waals surface area contributed by atoms with Gasteiger partial charge in [-0.3, -0.25) is 0 Å². The number of hydrogen-bond acceptors (Lipinski definition) is 7. The van der Waals surface area contributed by atoms with Crippen LogP contribution in [0.2, 0.25) is 5.02 Å². The van der Waals surface area contributed by atoms with Gasteiger partial charge in [-0.25, -0.2) is 27.2 Å². The fourth-order valence-corrected chi connectivity index (χ4v) is 6.59. The number of ether oxygens (including phenoxy) is 1. The van der Waals surface area contributed by atoms with Crippen LogP contribution in [-0.2, 0) is 21.2 Å². The van der Waals surface area contributed by atoms with Gasteiger partial charge in [-0.2, -0.15) is 0 Å². The summed E-state index contributed by atoms with van der Waals surface area (Å²) in [5, 5.41) is 7.99. The molecular formula is C33H31ClN6O4S. The molecule has 12 heteroatoms. The summed E-state index contributed by atoms with van der Waals surface area (Å²) in [6.07, 6.45) is 3.20. The topological polar surface area (TPSA) is 131 Å². The zero-order valence-corrected chi connectivity index (χ0v) is 26.4. The van der Waals surface area contributed by atoms with Gasteiger partial charge in [0.15, 0.2) is 0 Å². The monoisotopic (exact) mass is 642 g/mol. The molecule has 3 aromatic heterocycles.